The van der Waals surface area contributed by atoms with E-state index in [1.54, 1.807) is 19.2 Å². The van der Waals surface area contributed by atoms with Crippen LogP contribution in [0.15, 0.2) is 18.2 Å². The zero-order valence-electron chi connectivity index (χ0n) is 8.86. The lowest BCUT2D eigenvalue weighted by atomic mass is 10.2. The van der Waals surface area contributed by atoms with E-state index in [0.29, 0.717) is 18.5 Å². The molecule has 0 saturated heterocycles. The Morgan fingerprint density at radius 1 is 1.56 bits per heavy atom. The number of benzene rings is 1. The van der Waals surface area contributed by atoms with Gasteiger partial charge in [-0.1, -0.05) is 6.07 Å². The van der Waals surface area contributed by atoms with Gasteiger partial charge in [0.05, 0.1) is 17.7 Å². The van der Waals surface area contributed by atoms with Crippen LogP contribution in [-0.2, 0) is 11.2 Å². The van der Waals surface area contributed by atoms with E-state index < -0.39 is 5.97 Å². The van der Waals surface area contributed by atoms with Crippen molar-refractivity contribution in [3.05, 3.63) is 29.6 Å². The molecule has 0 atom stereocenters. The summed E-state index contributed by atoms with van der Waals surface area (Å²) in [6.45, 7) is 0.558. The first-order chi connectivity index (χ1) is 7.72. The number of rotatable bonds is 4. The molecule has 0 radical (unpaired) electrons. The number of imidazole rings is 1. The molecule has 0 bridgehead atoms. The number of aromatic carboxylic acids is 1. The van der Waals surface area contributed by atoms with Crippen LogP contribution in [0, 0.1) is 0 Å². The lowest BCUT2D eigenvalue weighted by Gasteiger charge is -1.93. The fourth-order valence-corrected chi connectivity index (χ4v) is 1.57. The molecule has 2 rings (SSSR count). The first kappa shape index (κ1) is 10.6. The van der Waals surface area contributed by atoms with Crippen LogP contribution >= 0.6 is 0 Å². The minimum atomic E-state index is -0.963. The molecular formula is C11H12N2O3. The Kier molecular flexibility index (Phi) is 2.87. The van der Waals surface area contributed by atoms with Crippen molar-refractivity contribution in [2.75, 3.05) is 13.7 Å². The van der Waals surface area contributed by atoms with Gasteiger partial charge in [0.15, 0.2) is 0 Å². The molecule has 1 aromatic heterocycles. The molecule has 16 heavy (non-hydrogen) atoms. The van der Waals surface area contributed by atoms with Crippen molar-refractivity contribution in [2.45, 2.75) is 6.42 Å². The molecule has 1 aromatic carbocycles. The number of aromatic amines is 1. The van der Waals surface area contributed by atoms with Gasteiger partial charge in [0.25, 0.3) is 0 Å². The van der Waals surface area contributed by atoms with Crippen LogP contribution in [0.2, 0.25) is 0 Å². The van der Waals surface area contributed by atoms with Crippen LogP contribution in [0.5, 0.6) is 0 Å². The van der Waals surface area contributed by atoms with E-state index in [2.05, 4.69) is 9.97 Å². The summed E-state index contributed by atoms with van der Waals surface area (Å²) in [6, 6.07) is 5.06. The van der Waals surface area contributed by atoms with Crippen LogP contribution in [0.25, 0.3) is 11.0 Å². The van der Waals surface area contributed by atoms with Crippen molar-refractivity contribution in [3.8, 4) is 0 Å². The molecular weight excluding hydrogens is 208 g/mol. The zero-order valence-corrected chi connectivity index (χ0v) is 8.86. The monoisotopic (exact) mass is 220 g/mol. The Labute approximate surface area is 92.1 Å². The van der Waals surface area contributed by atoms with Gasteiger partial charge in [-0.25, -0.2) is 9.78 Å². The van der Waals surface area contributed by atoms with E-state index in [1.807, 2.05) is 6.07 Å². The predicted molar refractivity (Wildman–Crippen MR) is 58.6 cm³/mol. The quantitative estimate of drug-likeness (QED) is 0.817. The van der Waals surface area contributed by atoms with E-state index in [9.17, 15) is 4.79 Å². The number of carbonyl (C=O) groups is 1. The summed E-state index contributed by atoms with van der Waals surface area (Å²) in [6.07, 6.45) is 0.643. The van der Waals surface area contributed by atoms with Crippen molar-refractivity contribution >= 4 is 17.0 Å². The van der Waals surface area contributed by atoms with Gasteiger partial charge in [-0.05, 0) is 12.1 Å². The van der Waals surface area contributed by atoms with Crippen LogP contribution in [-0.4, -0.2) is 34.8 Å². The molecule has 0 spiro atoms. The maximum Gasteiger partial charge on any atom is 0.337 e. The van der Waals surface area contributed by atoms with Gasteiger partial charge in [0, 0.05) is 13.5 Å². The fraction of sp³-hybridized carbons (Fsp3) is 0.273. The molecule has 0 amide bonds. The highest BCUT2D eigenvalue weighted by Gasteiger charge is 2.11. The highest BCUT2D eigenvalue weighted by molar-refractivity contribution is 6.00. The summed E-state index contributed by atoms with van der Waals surface area (Å²) in [5, 5.41) is 8.99. The average Bonchev–Trinajstić information content (AvgIpc) is 2.68. The number of hydrogen-bond donors (Lipinski definition) is 2. The highest BCUT2D eigenvalue weighted by atomic mass is 16.5. The molecule has 0 unspecified atom stereocenters. The molecule has 5 nitrogen and oxygen atoms in total. The molecule has 0 saturated carbocycles. The van der Waals surface area contributed by atoms with Gasteiger partial charge in [-0.2, -0.15) is 0 Å². The van der Waals surface area contributed by atoms with E-state index in [0.717, 1.165) is 11.3 Å². The summed E-state index contributed by atoms with van der Waals surface area (Å²) in [4.78, 5) is 18.3. The Morgan fingerprint density at radius 3 is 3.06 bits per heavy atom. The van der Waals surface area contributed by atoms with E-state index in [4.69, 9.17) is 9.84 Å². The number of H-pyrrole nitrogens is 1. The van der Waals surface area contributed by atoms with Crippen molar-refractivity contribution < 1.29 is 14.6 Å². The number of fused-ring (bicyclic) bond motifs is 1. The fourth-order valence-electron chi connectivity index (χ4n) is 1.57. The third kappa shape index (κ3) is 1.90. The van der Waals surface area contributed by atoms with E-state index in [1.165, 1.54) is 0 Å². The Balaban J connectivity index is 2.44. The Bertz CT molecular complexity index is 519. The minimum absolute atomic E-state index is 0.220. The summed E-state index contributed by atoms with van der Waals surface area (Å²) >= 11 is 0. The third-order valence-electron chi connectivity index (χ3n) is 2.34. The number of nitrogens with one attached hydrogen (secondary N) is 1. The zero-order chi connectivity index (χ0) is 11.5. The molecule has 2 aromatic rings. The largest absolute Gasteiger partial charge is 0.478 e. The van der Waals surface area contributed by atoms with E-state index in [-0.39, 0.29) is 5.56 Å². The molecule has 1 heterocycles. The standard InChI is InChI=1S/C11H12N2O3/c1-16-6-5-9-12-8-4-2-3-7(11(14)15)10(8)13-9/h2-4H,5-6H2,1H3,(H,12,13)(H,14,15). The summed E-state index contributed by atoms with van der Waals surface area (Å²) in [7, 11) is 1.62. The number of nitrogens with zero attached hydrogens (tertiary/aromatic N) is 1. The number of carboxylic acids is 1. The highest BCUT2D eigenvalue weighted by Crippen LogP contribution is 2.16. The first-order valence-electron chi connectivity index (χ1n) is 4.92. The van der Waals surface area contributed by atoms with Gasteiger partial charge in [-0.3, -0.25) is 0 Å². The third-order valence-corrected chi connectivity index (χ3v) is 2.34. The van der Waals surface area contributed by atoms with Crippen LogP contribution in [0.3, 0.4) is 0 Å². The minimum Gasteiger partial charge on any atom is -0.478 e. The van der Waals surface area contributed by atoms with Gasteiger partial charge < -0.3 is 14.8 Å². The number of aromatic nitrogens is 2. The number of hydrogen-bond acceptors (Lipinski definition) is 3. The maximum atomic E-state index is 11.0. The normalized spacial score (nSPS) is 10.8. The summed E-state index contributed by atoms with van der Waals surface area (Å²) in [5.41, 5.74) is 1.46. The lowest BCUT2D eigenvalue weighted by Crippen LogP contribution is -1.98. The van der Waals surface area contributed by atoms with Gasteiger partial charge >= 0.3 is 5.97 Å². The summed E-state index contributed by atoms with van der Waals surface area (Å²) < 4.78 is 4.94. The van der Waals surface area contributed by atoms with Gasteiger partial charge in [-0.15, -0.1) is 0 Å². The SMILES string of the molecule is COCCc1nc2c(C(=O)O)cccc2[nH]1. The van der Waals surface area contributed by atoms with Crippen LogP contribution in [0.4, 0.5) is 0 Å². The van der Waals surface area contributed by atoms with Crippen LogP contribution in [0.1, 0.15) is 16.2 Å². The predicted octanol–water partition coefficient (Wildman–Crippen LogP) is 1.45. The van der Waals surface area contributed by atoms with Crippen molar-refractivity contribution in [1.29, 1.82) is 0 Å². The number of carboxylic acid groups (broad SMARTS) is 1. The van der Waals surface area contributed by atoms with Crippen molar-refractivity contribution in [3.63, 3.8) is 0 Å². The smallest absolute Gasteiger partial charge is 0.337 e. The Morgan fingerprint density at radius 2 is 2.38 bits per heavy atom. The summed E-state index contributed by atoms with van der Waals surface area (Å²) in [5.74, 6) is -0.221. The topological polar surface area (TPSA) is 75.2 Å². The lowest BCUT2D eigenvalue weighted by molar-refractivity contribution is 0.0699. The van der Waals surface area contributed by atoms with Gasteiger partial charge in [0.2, 0.25) is 0 Å². The van der Waals surface area contributed by atoms with E-state index >= 15 is 0 Å². The number of para-hydroxylation sites is 1. The van der Waals surface area contributed by atoms with Crippen molar-refractivity contribution in [2.24, 2.45) is 0 Å². The molecule has 2 N–H and O–H groups in total. The molecule has 0 aliphatic carbocycles. The molecule has 0 fully saturated rings. The number of ether oxygens (including phenoxy) is 1. The average molecular weight is 220 g/mol. The second kappa shape index (κ2) is 4.32. The second-order valence-corrected chi connectivity index (χ2v) is 3.43. The van der Waals surface area contributed by atoms with Crippen LogP contribution < -0.4 is 0 Å². The Hall–Kier alpha value is -1.88. The second-order valence-electron chi connectivity index (χ2n) is 3.43. The van der Waals surface area contributed by atoms with Gasteiger partial charge in [0.1, 0.15) is 11.3 Å². The maximum absolute atomic E-state index is 11.0. The molecule has 0 aliphatic rings. The first-order valence-corrected chi connectivity index (χ1v) is 4.92. The van der Waals surface area contributed by atoms with Crippen molar-refractivity contribution in [1.82, 2.24) is 9.97 Å². The molecule has 5 heteroatoms. The molecule has 0 aliphatic heterocycles. The molecule has 84 valence electrons. The number of methoxy groups -OCH3 is 1.